The van der Waals surface area contributed by atoms with E-state index in [-0.39, 0.29) is 11.4 Å². The Morgan fingerprint density at radius 1 is 1.12 bits per heavy atom. The zero-order valence-electron chi connectivity index (χ0n) is 13.1. The molecule has 0 spiro atoms. The van der Waals surface area contributed by atoms with E-state index in [9.17, 15) is 13.6 Å². The van der Waals surface area contributed by atoms with Crippen LogP contribution in [0.15, 0.2) is 48.5 Å². The molecule has 1 amide bonds. The van der Waals surface area contributed by atoms with Crippen LogP contribution in [0, 0.1) is 0 Å². The van der Waals surface area contributed by atoms with Crippen molar-refractivity contribution in [2.24, 2.45) is 0 Å². The Labute approximate surface area is 142 Å². The molecule has 0 fully saturated rings. The van der Waals surface area contributed by atoms with E-state index in [1.807, 2.05) is 0 Å². The van der Waals surface area contributed by atoms with Crippen molar-refractivity contribution in [2.75, 3.05) is 18.5 Å². The number of alkyl halides is 2. The van der Waals surface area contributed by atoms with Gasteiger partial charge in [-0.1, -0.05) is 18.2 Å². The number of para-hydroxylation sites is 2. The van der Waals surface area contributed by atoms with Gasteiger partial charge in [-0.05, 0) is 35.9 Å². The first-order valence-electron chi connectivity index (χ1n) is 7.54. The second-order valence-electron chi connectivity index (χ2n) is 5.10. The van der Waals surface area contributed by atoms with Crippen LogP contribution in [0.25, 0.3) is 6.08 Å². The highest BCUT2D eigenvalue weighted by Gasteiger charge is 2.12. The number of carbonyl (C=O) groups is 1. The molecule has 0 bridgehead atoms. The van der Waals surface area contributed by atoms with Gasteiger partial charge >= 0.3 is 6.61 Å². The van der Waals surface area contributed by atoms with Crippen LogP contribution < -0.4 is 19.5 Å². The number of carbonyl (C=O) groups excluding carboxylic acids is 1. The Morgan fingerprint density at radius 2 is 1.88 bits per heavy atom. The van der Waals surface area contributed by atoms with Crippen LogP contribution in [0.4, 0.5) is 14.5 Å². The average molecular weight is 347 g/mol. The van der Waals surface area contributed by atoms with Gasteiger partial charge in [0.25, 0.3) is 0 Å². The summed E-state index contributed by atoms with van der Waals surface area (Å²) in [5, 5.41) is 2.51. The monoisotopic (exact) mass is 347 g/mol. The molecule has 5 nitrogen and oxygen atoms in total. The van der Waals surface area contributed by atoms with Gasteiger partial charge in [-0.3, -0.25) is 4.79 Å². The maximum Gasteiger partial charge on any atom is 0.387 e. The van der Waals surface area contributed by atoms with Crippen molar-refractivity contribution in [3.63, 3.8) is 0 Å². The first kappa shape index (κ1) is 16.8. The third-order valence-corrected chi connectivity index (χ3v) is 3.35. The first-order chi connectivity index (χ1) is 12.1. The number of rotatable bonds is 5. The van der Waals surface area contributed by atoms with Crippen LogP contribution in [-0.4, -0.2) is 25.7 Å². The molecule has 1 aliphatic rings. The lowest BCUT2D eigenvalue weighted by atomic mass is 10.2. The minimum absolute atomic E-state index is 0.0985. The molecule has 0 unspecified atom stereocenters. The molecular weight excluding hydrogens is 332 g/mol. The molecule has 1 N–H and O–H groups in total. The van der Waals surface area contributed by atoms with Gasteiger partial charge in [0, 0.05) is 6.08 Å². The molecule has 0 aliphatic carbocycles. The molecule has 0 radical (unpaired) electrons. The van der Waals surface area contributed by atoms with E-state index in [1.165, 1.54) is 18.2 Å². The summed E-state index contributed by atoms with van der Waals surface area (Å²) in [6.45, 7) is -1.99. The molecule has 0 aromatic heterocycles. The molecule has 0 atom stereocenters. The van der Waals surface area contributed by atoms with Gasteiger partial charge in [-0.2, -0.15) is 8.78 Å². The van der Waals surface area contributed by atoms with Crippen molar-refractivity contribution in [3.05, 3.63) is 54.1 Å². The van der Waals surface area contributed by atoms with Crippen molar-refractivity contribution >= 4 is 17.7 Å². The van der Waals surface area contributed by atoms with E-state index in [1.54, 1.807) is 36.4 Å². The third kappa shape index (κ3) is 4.47. The summed E-state index contributed by atoms with van der Waals surface area (Å²) in [7, 11) is 0. The fourth-order valence-corrected chi connectivity index (χ4v) is 2.28. The van der Waals surface area contributed by atoms with Crippen molar-refractivity contribution in [1.29, 1.82) is 0 Å². The number of fused-ring (bicyclic) bond motifs is 1. The number of hydrogen-bond acceptors (Lipinski definition) is 4. The summed E-state index contributed by atoms with van der Waals surface area (Å²) in [6.07, 6.45) is 2.88. The molecule has 25 heavy (non-hydrogen) atoms. The zero-order chi connectivity index (χ0) is 17.6. The van der Waals surface area contributed by atoms with Crippen LogP contribution in [0.1, 0.15) is 5.56 Å². The van der Waals surface area contributed by atoms with Crippen LogP contribution in [0.2, 0.25) is 0 Å². The van der Waals surface area contributed by atoms with E-state index < -0.39 is 12.5 Å². The second-order valence-corrected chi connectivity index (χ2v) is 5.10. The molecule has 0 saturated carbocycles. The molecule has 1 aliphatic heterocycles. The Hall–Kier alpha value is -3.09. The zero-order valence-corrected chi connectivity index (χ0v) is 13.1. The second kappa shape index (κ2) is 7.65. The number of ether oxygens (including phenoxy) is 3. The van der Waals surface area contributed by atoms with Crippen molar-refractivity contribution < 1.29 is 27.8 Å². The highest BCUT2D eigenvalue weighted by molar-refractivity contribution is 6.02. The van der Waals surface area contributed by atoms with E-state index in [4.69, 9.17) is 9.47 Å². The highest BCUT2D eigenvalue weighted by Crippen LogP contribution is 2.31. The molecule has 2 aromatic carbocycles. The number of benzene rings is 2. The van der Waals surface area contributed by atoms with Gasteiger partial charge in [0.05, 0.1) is 5.69 Å². The summed E-state index contributed by atoms with van der Waals surface area (Å²) in [5.41, 5.74) is 0.913. The maximum atomic E-state index is 12.4. The minimum atomic E-state index is -2.97. The normalized spacial score (nSPS) is 13.1. The van der Waals surface area contributed by atoms with E-state index >= 15 is 0 Å². The minimum Gasteiger partial charge on any atom is -0.486 e. The Balaban J connectivity index is 1.67. The Morgan fingerprint density at radius 3 is 2.68 bits per heavy atom. The lowest BCUT2D eigenvalue weighted by Crippen LogP contribution is -2.15. The lowest BCUT2D eigenvalue weighted by molar-refractivity contribution is -0.111. The summed E-state index contributed by atoms with van der Waals surface area (Å²) in [6, 6.07) is 11.3. The van der Waals surface area contributed by atoms with Gasteiger partial charge in [0.15, 0.2) is 11.5 Å². The Bertz CT molecular complexity index is 792. The number of halogens is 2. The van der Waals surface area contributed by atoms with Crippen LogP contribution in [0.3, 0.4) is 0 Å². The van der Waals surface area contributed by atoms with E-state index in [0.29, 0.717) is 24.7 Å². The van der Waals surface area contributed by atoms with Crippen LogP contribution in [-0.2, 0) is 4.79 Å². The summed E-state index contributed by atoms with van der Waals surface area (Å²) < 4.78 is 40.0. The molecule has 7 heteroatoms. The quantitative estimate of drug-likeness (QED) is 0.838. The van der Waals surface area contributed by atoms with Crippen LogP contribution in [0.5, 0.6) is 17.2 Å². The van der Waals surface area contributed by atoms with Gasteiger partial charge in [0.1, 0.15) is 19.0 Å². The molecule has 130 valence electrons. The molecule has 0 saturated heterocycles. The smallest absolute Gasteiger partial charge is 0.387 e. The van der Waals surface area contributed by atoms with E-state index in [2.05, 4.69) is 10.1 Å². The first-order valence-corrected chi connectivity index (χ1v) is 7.54. The Kier molecular flexibility index (Phi) is 5.13. The molecular formula is C18H15F2NO4. The predicted octanol–water partition coefficient (Wildman–Crippen LogP) is 3.71. The fourth-order valence-electron chi connectivity index (χ4n) is 2.28. The molecule has 3 rings (SSSR count). The molecule has 1 heterocycles. The number of nitrogens with one attached hydrogen (secondary N) is 1. The summed E-state index contributed by atoms with van der Waals surface area (Å²) >= 11 is 0. The standard InChI is InChI=1S/C18H15F2NO4/c19-18(20)25-14-4-2-1-3-13(14)21-17(22)8-6-12-5-7-15-16(11-12)24-10-9-23-15/h1-8,11,18H,9-10H2,(H,21,22)/b8-6+. The number of amides is 1. The fraction of sp³-hybridized carbons (Fsp3) is 0.167. The molecule has 2 aromatic rings. The maximum absolute atomic E-state index is 12.4. The number of hydrogen-bond donors (Lipinski definition) is 1. The lowest BCUT2D eigenvalue weighted by Gasteiger charge is -2.18. The van der Waals surface area contributed by atoms with Gasteiger partial charge in [0.2, 0.25) is 5.91 Å². The van der Waals surface area contributed by atoms with Crippen molar-refractivity contribution in [1.82, 2.24) is 0 Å². The number of anilines is 1. The van der Waals surface area contributed by atoms with E-state index in [0.717, 1.165) is 5.56 Å². The predicted molar refractivity (Wildman–Crippen MR) is 88.2 cm³/mol. The van der Waals surface area contributed by atoms with Gasteiger partial charge in [-0.15, -0.1) is 0 Å². The van der Waals surface area contributed by atoms with Gasteiger partial charge < -0.3 is 19.5 Å². The third-order valence-electron chi connectivity index (χ3n) is 3.35. The summed E-state index contributed by atoms with van der Waals surface area (Å²) in [4.78, 5) is 12.0. The SMILES string of the molecule is O=C(/C=C/c1ccc2c(c1)OCCO2)Nc1ccccc1OC(F)F. The summed E-state index contributed by atoms with van der Waals surface area (Å²) in [5.74, 6) is 0.703. The largest absolute Gasteiger partial charge is 0.486 e. The van der Waals surface area contributed by atoms with Crippen LogP contribution >= 0.6 is 0 Å². The van der Waals surface area contributed by atoms with Crippen molar-refractivity contribution in [2.45, 2.75) is 6.61 Å². The average Bonchev–Trinajstić information content (AvgIpc) is 2.61. The topological polar surface area (TPSA) is 56.8 Å². The highest BCUT2D eigenvalue weighted by atomic mass is 19.3. The van der Waals surface area contributed by atoms with Crippen molar-refractivity contribution in [3.8, 4) is 17.2 Å². The van der Waals surface area contributed by atoms with Gasteiger partial charge in [-0.25, -0.2) is 0 Å².